The summed E-state index contributed by atoms with van der Waals surface area (Å²) in [6.07, 6.45) is -3.47. The molecule has 6 nitrogen and oxygen atoms in total. The number of aromatic nitrogens is 1. The summed E-state index contributed by atoms with van der Waals surface area (Å²) < 4.78 is 67.1. The SMILES string of the molecule is COc1cc(F)c(C(C)C)cc1-c1ccc(C(F)(F)F)cc1CN1C(=O)O[C@H](c2cc[n+]([O-])cc2)[C@@H]1C. The largest absolute Gasteiger partial charge is 0.619 e. The van der Waals surface area contributed by atoms with Crippen molar-refractivity contribution >= 4 is 6.09 Å². The van der Waals surface area contributed by atoms with Crippen molar-refractivity contribution in [2.45, 2.75) is 51.6 Å². The van der Waals surface area contributed by atoms with Gasteiger partial charge in [-0.2, -0.15) is 17.9 Å². The van der Waals surface area contributed by atoms with Gasteiger partial charge >= 0.3 is 12.3 Å². The van der Waals surface area contributed by atoms with Crippen molar-refractivity contribution in [2.75, 3.05) is 7.11 Å². The zero-order chi connectivity index (χ0) is 27.1. The van der Waals surface area contributed by atoms with Crippen molar-refractivity contribution in [1.29, 1.82) is 0 Å². The fourth-order valence-electron chi connectivity index (χ4n) is 4.51. The first-order valence-electron chi connectivity index (χ1n) is 11.6. The Morgan fingerprint density at radius 3 is 2.38 bits per heavy atom. The van der Waals surface area contributed by atoms with E-state index in [1.807, 2.05) is 13.8 Å². The number of hydrogen-bond donors (Lipinski definition) is 0. The predicted molar refractivity (Wildman–Crippen MR) is 127 cm³/mol. The molecule has 1 aromatic heterocycles. The lowest BCUT2D eigenvalue weighted by Crippen LogP contribution is -2.32. The van der Waals surface area contributed by atoms with E-state index in [-0.39, 0.29) is 23.8 Å². The van der Waals surface area contributed by atoms with E-state index in [1.165, 1.54) is 48.7 Å². The highest BCUT2D eigenvalue weighted by Crippen LogP contribution is 2.41. The summed E-state index contributed by atoms with van der Waals surface area (Å²) in [5, 5.41) is 11.4. The Balaban J connectivity index is 1.79. The van der Waals surface area contributed by atoms with Crippen LogP contribution >= 0.6 is 0 Å². The quantitative estimate of drug-likeness (QED) is 0.216. The Bertz CT molecular complexity index is 1310. The van der Waals surface area contributed by atoms with Crippen molar-refractivity contribution in [3.05, 3.63) is 88.1 Å². The third-order valence-electron chi connectivity index (χ3n) is 6.55. The highest BCUT2D eigenvalue weighted by molar-refractivity contribution is 5.76. The molecule has 2 heterocycles. The molecule has 196 valence electrons. The van der Waals surface area contributed by atoms with Gasteiger partial charge in [0.1, 0.15) is 17.7 Å². The Morgan fingerprint density at radius 2 is 1.78 bits per heavy atom. The summed E-state index contributed by atoms with van der Waals surface area (Å²) in [5.41, 5.74) is 1.08. The van der Waals surface area contributed by atoms with E-state index in [1.54, 1.807) is 13.0 Å². The van der Waals surface area contributed by atoms with Gasteiger partial charge in [0.25, 0.3) is 0 Å². The van der Waals surface area contributed by atoms with Gasteiger partial charge in [-0.1, -0.05) is 19.9 Å². The summed E-state index contributed by atoms with van der Waals surface area (Å²) in [4.78, 5) is 14.2. The summed E-state index contributed by atoms with van der Waals surface area (Å²) in [6.45, 7) is 5.14. The molecule has 1 amide bonds. The van der Waals surface area contributed by atoms with E-state index in [2.05, 4.69) is 0 Å². The van der Waals surface area contributed by atoms with Gasteiger partial charge in [0.2, 0.25) is 0 Å². The molecular weight excluding hydrogens is 492 g/mol. The van der Waals surface area contributed by atoms with Gasteiger partial charge in [-0.25, -0.2) is 9.18 Å². The van der Waals surface area contributed by atoms with Crippen LogP contribution in [-0.4, -0.2) is 24.1 Å². The maximum absolute atomic E-state index is 14.6. The number of methoxy groups -OCH3 is 1. The molecule has 1 saturated heterocycles. The second kappa shape index (κ2) is 9.91. The first kappa shape index (κ1) is 26.2. The van der Waals surface area contributed by atoms with Crippen LogP contribution in [0.5, 0.6) is 5.75 Å². The van der Waals surface area contributed by atoms with Crippen LogP contribution in [0.15, 0.2) is 54.9 Å². The molecule has 0 aliphatic carbocycles. The molecule has 37 heavy (non-hydrogen) atoms. The Kier molecular flexibility index (Phi) is 7.03. The number of rotatable bonds is 6. The molecule has 2 atom stereocenters. The number of carbonyl (C=O) groups is 1. The van der Waals surface area contributed by atoms with Gasteiger partial charge in [-0.15, -0.1) is 0 Å². The Labute approximate surface area is 211 Å². The lowest BCUT2D eigenvalue weighted by atomic mass is 9.92. The van der Waals surface area contributed by atoms with Crippen molar-refractivity contribution in [3.63, 3.8) is 0 Å². The molecule has 0 unspecified atom stereocenters. The molecule has 1 fully saturated rings. The molecule has 4 rings (SSSR count). The number of hydrogen-bond acceptors (Lipinski definition) is 4. The van der Waals surface area contributed by atoms with E-state index < -0.39 is 35.8 Å². The van der Waals surface area contributed by atoms with Crippen LogP contribution in [0, 0.1) is 11.0 Å². The van der Waals surface area contributed by atoms with E-state index in [0.717, 1.165) is 12.1 Å². The summed E-state index contributed by atoms with van der Waals surface area (Å²) in [7, 11) is 1.35. The van der Waals surface area contributed by atoms with E-state index in [9.17, 15) is 27.6 Å². The molecule has 0 radical (unpaired) electrons. The highest BCUT2D eigenvalue weighted by atomic mass is 19.4. The van der Waals surface area contributed by atoms with Crippen LogP contribution in [0.3, 0.4) is 0 Å². The van der Waals surface area contributed by atoms with Crippen LogP contribution in [-0.2, 0) is 17.5 Å². The molecule has 0 bridgehead atoms. The number of cyclic esters (lactones) is 1. The maximum atomic E-state index is 14.6. The number of nitrogens with zero attached hydrogens (tertiary/aromatic N) is 2. The van der Waals surface area contributed by atoms with E-state index in [4.69, 9.17) is 9.47 Å². The maximum Gasteiger partial charge on any atom is 0.416 e. The van der Waals surface area contributed by atoms with Crippen molar-refractivity contribution in [3.8, 4) is 16.9 Å². The summed E-state index contributed by atoms with van der Waals surface area (Å²) in [6, 6.07) is 8.55. The number of alkyl halides is 3. The van der Waals surface area contributed by atoms with Gasteiger partial charge in [-0.05, 0) is 47.7 Å². The molecule has 10 heteroatoms. The number of pyridine rings is 1. The first-order chi connectivity index (χ1) is 17.4. The third-order valence-corrected chi connectivity index (χ3v) is 6.55. The topological polar surface area (TPSA) is 65.7 Å². The molecule has 0 spiro atoms. The summed E-state index contributed by atoms with van der Waals surface area (Å²) in [5.74, 6) is -0.505. The predicted octanol–water partition coefficient (Wildman–Crippen LogP) is 6.36. The summed E-state index contributed by atoms with van der Waals surface area (Å²) >= 11 is 0. The van der Waals surface area contributed by atoms with Gasteiger partial charge in [0.15, 0.2) is 12.4 Å². The molecule has 1 aliphatic rings. The molecule has 1 aliphatic heterocycles. The molecule has 0 saturated carbocycles. The Morgan fingerprint density at radius 1 is 1.11 bits per heavy atom. The normalized spacial score (nSPS) is 17.9. The second-order valence-corrected chi connectivity index (χ2v) is 9.26. The van der Waals surface area contributed by atoms with Crippen LogP contribution < -0.4 is 9.47 Å². The second-order valence-electron chi connectivity index (χ2n) is 9.26. The van der Waals surface area contributed by atoms with E-state index >= 15 is 0 Å². The van der Waals surface area contributed by atoms with Crippen molar-refractivity contribution < 1.29 is 36.6 Å². The zero-order valence-electron chi connectivity index (χ0n) is 20.7. The standard InChI is InChI=1S/C27H26F4N2O4/c1-15(2)21-12-22(24(36-4)13-23(21)28)20-6-5-19(27(29,30)31)11-18(20)14-33-16(3)25(37-26(33)34)17-7-9-32(35)10-8-17/h5-13,15-16,25H,14H2,1-4H3/t16-,25-/m0/s1. The number of ether oxygens (including phenoxy) is 2. The number of amides is 1. The lowest BCUT2D eigenvalue weighted by molar-refractivity contribution is -0.605. The number of halogens is 4. The molecule has 0 N–H and O–H groups in total. The fourth-order valence-corrected chi connectivity index (χ4v) is 4.51. The highest BCUT2D eigenvalue weighted by Gasteiger charge is 2.41. The minimum atomic E-state index is -4.61. The minimum absolute atomic E-state index is 0.160. The number of benzene rings is 2. The van der Waals surface area contributed by atoms with Gasteiger partial charge in [-0.3, -0.25) is 4.90 Å². The fraction of sp³-hybridized carbons (Fsp3) is 0.333. The van der Waals surface area contributed by atoms with E-state index in [0.29, 0.717) is 27.0 Å². The van der Waals surface area contributed by atoms with Crippen LogP contribution in [0.2, 0.25) is 0 Å². The monoisotopic (exact) mass is 518 g/mol. The molecule has 2 aromatic carbocycles. The van der Waals surface area contributed by atoms with Crippen molar-refractivity contribution in [1.82, 2.24) is 4.90 Å². The third kappa shape index (κ3) is 5.19. The average Bonchev–Trinajstić information content (AvgIpc) is 3.12. The van der Waals surface area contributed by atoms with Gasteiger partial charge in [0, 0.05) is 29.3 Å². The van der Waals surface area contributed by atoms with Crippen LogP contribution in [0.4, 0.5) is 22.4 Å². The van der Waals surface area contributed by atoms with Crippen LogP contribution in [0.25, 0.3) is 11.1 Å². The smallest absolute Gasteiger partial charge is 0.416 e. The average molecular weight is 519 g/mol. The molecule has 3 aromatic rings. The number of carbonyl (C=O) groups excluding carboxylic acids is 1. The molecular formula is C27H26F4N2O4. The van der Waals surface area contributed by atoms with Gasteiger partial charge in [0.05, 0.1) is 25.3 Å². The minimum Gasteiger partial charge on any atom is -0.619 e. The first-order valence-corrected chi connectivity index (χ1v) is 11.6. The zero-order valence-corrected chi connectivity index (χ0v) is 20.7. The Hall–Kier alpha value is -3.82. The van der Waals surface area contributed by atoms with Crippen molar-refractivity contribution in [2.24, 2.45) is 0 Å². The lowest BCUT2D eigenvalue weighted by Gasteiger charge is -2.24. The van der Waals surface area contributed by atoms with Gasteiger partial charge < -0.3 is 14.7 Å². The van der Waals surface area contributed by atoms with Crippen LogP contribution in [0.1, 0.15) is 55.0 Å².